The van der Waals surface area contributed by atoms with E-state index >= 15 is 0 Å². The van der Waals surface area contributed by atoms with Crippen molar-refractivity contribution < 1.29 is 34.1 Å². The molecule has 1 fully saturated rings. The summed E-state index contributed by atoms with van der Waals surface area (Å²) in [6, 6.07) is 0. The second kappa shape index (κ2) is 3.26. The van der Waals surface area contributed by atoms with Gasteiger partial charge in [0, 0.05) is 0 Å². The zero-order valence-corrected chi connectivity index (χ0v) is 7.22. The molecule has 1 aliphatic heterocycles. The fraction of sp³-hybridized carbons (Fsp3) is 0.571. The summed E-state index contributed by atoms with van der Waals surface area (Å²) in [4.78, 5) is 32.3. The van der Waals surface area contributed by atoms with E-state index in [0.29, 0.717) is 0 Å². The molecule has 7 heteroatoms. The number of carbonyl (C=O) groups is 3. The smallest absolute Gasteiger partial charge is 0.348 e. The van der Waals surface area contributed by atoms with Gasteiger partial charge in [0.25, 0.3) is 0 Å². The van der Waals surface area contributed by atoms with Crippen molar-refractivity contribution in [2.45, 2.75) is 18.1 Å². The summed E-state index contributed by atoms with van der Waals surface area (Å²) in [5, 5.41) is 18.1. The Bertz CT molecular complexity index is 296. The Kier molecular flexibility index (Phi) is 2.43. The number of carboxylic acid groups (broad SMARTS) is 1. The van der Waals surface area contributed by atoms with E-state index in [9.17, 15) is 19.5 Å². The van der Waals surface area contributed by atoms with Crippen molar-refractivity contribution in [2.24, 2.45) is 0 Å². The third kappa shape index (κ3) is 1.41. The van der Waals surface area contributed by atoms with Gasteiger partial charge in [-0.3, -0.25) is 4.79 Å². The molecule has 1 heterocycles. The van der Waals surface area contributed by atoms with Crippen molar-refractivity contribution >= 4 is 17.9 Å². The minimum atomic E-state index is -2.42. The highest BCUT2D eigenvalue weighted by molar-refractivity contribution is 5.96. The van der Waals surface area contributed by atoms with Gasteiger partial charge < -0.3 is 19.7 Å². The third-order valence-corrected chi connectivity index (χ3v) is 1.86. The maximum atomic E-state index is 11.0. The molecule has 2 N–H and O–H groups in total. The molecule has 0 amide bonds. The van der Waals surface area contributed by atoms with E-state index in [2.05, 4.69) is 9.47 Å². The monoisotopic (exact) mass is 204 g/mol. The van der Waals surface area contributed by atoms with Crippen LogP contribution >= 0.6 is 0 Å². The molecule has 0 radical (unpaired) electrons. The van der Waals surface area contributed by atoms with Crippen LogP contribution in [-0.2, 0) is 23.9 Å². The number of hydrogen-bond acceptors (Lipinski definition) is 6. The molecule has 0 aromatic carbocycles. The summed E-state index contributed by atoms with van der Waals surface area (Å²) < 4.78 is 8.45. The molecule has 78 valence electrons. The zero-order valence-electron chi connectivity index (χ0n) is 7.22. The van der Waals surface area contributed by atoms with E-state index in [0.717, 1.165) is 7.11 Å². The van der Waals surface area contributed by atoms with Crippen LogP contribution in [0.1, 0.15) is 6.42 Å². The lowest BCUT2D eigenvalue weighted by atomic mass is 9.96. The maximum Gasteiger partial charge on any atom is 0.348 e. The highest BCUT2D eigenvalue weighted by Crippen LogP contribution is 2.28. The number of ether oxygens (including phenoxy) is 2. The quantitative estimate of drug-likeness (QED) is 0.515. The molecular weight excluding hydrogens is 196 g/mol. The van der Waals surface area contributed by atoms with Crippen LogP contribution in [0.15, 0.2) is 0 Å². The molecule has 0 aromatic rings. The number of aliphatic carboxylic acids is 1. The summed E-state index contributed by atoms with van der Waals surface area (Å²) in [5.41, 5.74) is -2.42. The lowest BCUT2D eigenvalue weighted by molar-refractivity contribution is -0.178. The molecule has 0 bridgehead atoms. The summed E-state index contributed by atoms with van der Waals surface area (Å²) in [7, 11) is 0.974. The molecule has 2 unspecified atom stereocenters. The minimum Gasteiger partial charge on any atom is -0.478 e. The average molecular weight is 204 g/mol. The number of cyclic esters (lactones) is 1. The van der Waals surface area contributed by atoms with Crippen molar-refractivity contribution in [2.75, 3.05) is 7.11 Å². The molecule has 7 nitrogen and oxygen atoms in total. The minimum absolute atomic E-state index is 0.712. The fourth-order valence-corrected chi connectivity index (χ4v) is 1.19. The zero-order chi connectivity index (χ0) is 10.9. The van der Waals surface area contributed by atoms with E-state index in [1.54, 1.807) is 0 Å². The third-order valence-electron chi connectivity index (χ3n) is 1.86. The van der Waals surface area contributed by atoms with Gasteiger partial charge in [0.15, 0.2) is 0 Å². The van der Waals surface area contributed by atoms with Crippen molar-refractivity contribution in [1.82, 2.24) is 0 Å². The molecule has 1 saturated heterocycles. The molecule has 0 aliphatic carbocycles. The van der Waals surface area contributed by atoms with Crippen LogP contribution in [0, 0.1) is 0 Å². The normalized spacial score (nSPS) is 31.0. The molecule has 0 spiro atoms. The van der Waals surface area contributed by atoms with Gasteiger partial charge in [0.05, 0.1) is 13.5 Å². The van der Waals surface area contributed by atoms with E-state index in [1.807, 2.05) is 0 Å². The molecular formula is C7H8O7. The maximum absolute atomic E-state index is 11.0. The number of methoxy groups -OCH3 is 1. The number of carbonyl (C=O) groups excluding carboxylic acids is 2. The summed E-state index contributed by atoms with van der Waals surface area (Å²) in [5.74, 6) is -3.75. The number of aliphatic hydroxyl groups is 1. The van der Waals surface area contributed by atoms with Gasteiger partial charge in [-0.05, 0) is 0 Å². The molecule has 1 aliphatic rings. The largest absolute Gasteiger partial charge is 0.478 e. The van der Waals surface area contributed by atoms with Gasteiger partial charge in [-0.1, -0.05) is 0 Å². The first-order chi connectivity index (χ1) is 6.41. The second-order valence-electron chi connectivity index (χ2n) is 2.80. The average Bonchev–Trinajstić information content (AvgIpc) is 2.41. The number of rotatable bonds is 2. The molecule has 2 atom stereocenters. The SMILES string of the molecule is COC(=O)C1(O)CC(=O)OC1C(=O)O. The van der Waals surface area contributed by atoms with Gasteiger partial charge >= 0.3 is 17.9 Å². The van der Waals surface area contributed by atoms with E-state index in [4.69, 9.17) is 5.11 Å². The first kappa shape index (κ1) is 10.5. The van der Waals surface area contributed by atoms with Crippen LogP contribution in [0.5, 0.6) is 0 Å². The van der Waals surface area contributed by atoms with Crippen LogP contribution in [0.25, 0.3) is 0 Å². The van der Waals surface area contributed by atoms with Gasteiger partial charge in [-0.25, -0.2) is 9.59 Å². The predicted molar refractivity (Wildman–Crippen MR) is 39.1 cm³/mol. The Balaban J connectivity index is 3.00. The summed E-state index contributed by atoms with van der Waals surface area (Å²) in [6.07, 6.45) is -2.61. The highest BCUT2D eigenvalue weighted by Gasteiger charge is 2.58. The summed E-state index contributed by atoms with van der Waals surface area (Å²) >= 11 is 0. The van der Waals surface area contributed by atoms with Crippen LogP contribution in [0.4, 0.5) is 0 Å². The molecule has 14 heavy (non-hydrogen) atoms. The van der Waals surface area contributed by atoms with E-state index in [-0.39, 0.29) is 0 Å². The highest BCUT2D eigenvalue weighted by atomic mass is 16.6. The Morgan fingerprint density at radius 1 is 1.64 bits per heavy atom. The lowest BCUT2D eigenvalue weighted by Gasteiger charge is -2.20. The first-order valence-electron chi connectivity index (χ1n) is 3.65. The first-order valence-corrected chi connectivity index (χ1v) is 3.65. The lowest BCUT2D eigenvalue weighted by Crippen LogP contribution is -2.50. The Labute approximate surface area is 78.2 Å². The topological polar surface area (TPSA) is 110 Å². The number of esters is 2. The van der Waals surface area contributed by atoms with Crippen molar-refractivity contribution in [3.63, 3.8) is 0 Å². The molecule has 0 aromatic heterocycles. The van der Waals surface area contributed by atoms with Gasteiger partial charge in [0.2, 0.25) is 11.7 Å². The molecule has 0 saturated carbocycles. The van der Waals surface area contributed by atoms with Crippen LogP contribution in [-0.4, -0.2) is 46.9 Å². The van der Waals surface area contributed by atoms with Crippen molar-refractivity contribution in [1.29, 1.82) is 0 Å². The van der Waals surface area contributed by atoms with Crippen molar-refractivity contribution in [3.8, 4) is 0 Å². The summed E-state index contributed by atoms with van der Waals surface area (Å²) in [6.45, 7) is 0. The fourth-order valence-electron chi connectivity index (χ4n) is 1.19. The molecule has 1 rings (SSSR count). The van der Waals surface area contributed by atoms with Gasteiger partial charge in [0.1, 0.15) is 0 Å². The second-order valence-corrected chi connectivity index (χ2v) is 2.80. The van der Waals surface area contributed by atoms with Crippen molar-refractivity contribution in [3.05, 3.63) is 0 Å². The number of hydrogen-bond donors (Lipinski definition) is 2. The van der Waals surface area contributed by atoms with Crippen LogP contribution in [0.2, 0.25) is 0 Å². The predicted octanol–water partition coefficient (Wildman–Crippen LogP) is -1.71. The number of carboxylic acids is 1. The van der Waals surface area contributed by atoms with Crippen LogP contribution in [0.3, 0.4) is 0 Å². The van der Waals surface area contributed by atoms with Crippen LogP contribution < -0.4 is 0 Å². The van der Waals surface area contributed by atoms with E-state index < -0.39 is 36.0 Å². The Hall–Kier alpha value is -1.63. The Morgan fingerprint density at radius 2 is 2.21 bits per heavy atom. The van der Waals surface area contributed by atoms with Gasteiger partial charge in [-0.2, -0.15) is 0 Å². The van der Waals surface area contributed by atoms with Gasteiger partial charge in [-0.15, -0.1) is 0 Å². The standard InChI is InChI=1S/C7H8O7/c1-13-6(11)7(12)2-3(8)14-4(7)5(9)10/h4,12H,2H2,1H3,(H,9,10). The van der Waals surface area contributed by atoms with E-state index in [1.165, 1.54) is 0 Å². The Morgan fingerprint density at radius 3 is 2.64 bits per heavy atom.